The van der Waals surface area contributed by atoms with Crippen molar-refractivity contribution >= 4 is 23.6 Å². The standard InChI is InChI=1S/C31H30ClF4N3O3/c1-2-42-28(40)26-19-8-9-20(12-19)27(26)38-29(41)39-30(16-18-6-4-3-5-7-18,25-11-10-23(32)17-37-25)21-13-22(31(34,35)36)15-24(33)14-21/h3-7,10-11,13-15,17,19-20,26-27H,2,8-9,12,16H2,1H3,(H2,38,39,41)/t19-,20+,26+,27-,30+/m1/s1. The zero-order chi connectivity index (χ0) is 30.1. The summed E-state index contributed by atoms with van der Waals surface area (Å²) in [6.07, 6.45) is -1.15. The highest BCUT2D eigenvalue weighted by molar-refractivity contribution is 6.30. The van der Waals surface area contributed by atoms with Gasteiger partial charge >= 0.3 is 18.2 Å². The first-order valence-electron chi connectivity index (χ1n) is 13.8. The Balaban J connectivity index is 1.60. The number of nitrogens with zero attached hydrogens (tertiary/aromatic N) is 1. The molecule has 2 aromatic carbocycles. The number of hydrogen-bond acceptors (Lipinski definition) is 4. The van der Waals surface area contributed by atoms with Crippen molar-refractivity contribution in [1.29, 1.82) is 0 Å². The van der Waals surface area contributed by atoms with E-state index in [4.69, 9.17) is 16.3 Å². The van der Waals surface area contributed by atoms with Crippen molar-refractivity contribution in [2.24, 2.45) is 17.8 Å². The monoisotopic (exact) mass is 603 g/mol. The fraction of sp³-hybridized carbons (Fsp3) is 0.387. The minimum absolute atomic E-state index is 0.0540. The molecule has 5 rings (SSSR count). The highest BCUT2D eigenvalue weighted by Gasteiger charge is 2.52. The van der Waals surface area contributed by atoms with Gasteiger partial charge in [0.1, 0.15) is 11.4 Å². The van der Waals surface area contributed by atoms with E-state index in [1.807, 2.05) is 0 Å². The van der Waals surface area contributed by atoms with Crippen LogP contribution in [0.15, 0.2) is 66.9 Å². The molecule has 11 heteroatoms. The van der Waals surface area contributed by atoms with E-state index >= 15 is 0 Å². The number of carbonyl (C=O) groups is 2. The van der Waals surface area contributed by atoms with Gasteiger partial charge in [-0.3, -0.25) is 9.78 Å². The average Bonchev–Trinajstić information content (AvgIpc) is 3.55. The lowest BCUT2D eigenvalue weighted by Crippen LogP contribution is -2.57. The van der Waals surface area contributed by atoms with Gasteiger partial charge in [0, 0.05) is 18.7 Å². The maximum absolute atomic E-state index is 14.9. The first kappa shape index (κ1) is 29.8. The Morgan fingerprint density at radius 3 is 2.40 bits per heavy atom. The van der Waals surface area contributed by atoms with Crippen LogP contribution in [0.3, 0.4) is 0 Å². The highest BCUT2D eigenvalue weighted by Crippen LogP contribution is 2.49. The number of halogens is 5. The molecule has 42 heavy (non-hydrogen) atoms. The molecular formula is C31H30ClF4N3O3. The van der Waals surface area contributed by atoms with E-state index in [0.29, 0.717) is 11.6 Å². The van der Waals surface area contributed by atoms with Crippen molar-refractivity contribution in [1.82, 2.24) is 15.6 Å². The largest absolute Gasteiger partial charge is 0.466 e. The molecule has 0 aliphatic heterocycles. The number of nitrogens with one attached hydrogen (secondary N) is 2. The number of hydrogen-bond donors (Lipinski definition) is 2. The van der Waals surface area contributed by atoms with Crippen molar-refractivity contribution in [2.45, 2.75) is 50.4 Å². The molecule has 0 saturated heterocycles. The molecule has 2 aliphatic rings. The van der Waals surface area contributed by atoms with E-state index in [1.54, 1.807) is 37.3 Å². The van der Waals surface area contributed by atoms with Crippen LogP contribution in [0.5, 0.6) is 0 Å². The number of benzene rings is 2. The van der Waals surface area contributed by atoms with Crippen molar-refractivity contribution in [3.05, 3.63) is 100 Å². The smallest absolute Gasteiger partial charge is 0.416 e. The third-order valence-corrected chi connectivity index (χ3v) is 8.52. The number of urea groups is 1. The highest BCUT2D eigenvalue weighted by atomic mass is 35.5. The van der Waals surface area contributed by atoms with Gasteiger partial charge in [-0.1, -0.05) is 41.9 Å². The van der Waals surface area contributed by atoms with E-state index in [1.165, 1.54) is 18.3 Å². The van der Waals surface area contributed by atoms with Gasteiger partial charge in [-0.25, -0.2) is 9.18 Å². The second-order valence-electron chi connectivity index (χ2n) is 10.9. The third-order valence-electron chi connectivity index (χ3n) is 8.29. The van der Waals surface area contributed by atoms with Gasteiger partial charge in [0.25, 0.3) is 0 Å². The molecule has 2 fully saturated rings. The van der Waals surface area contributed by atoms with E-state index in [-0.39, 0.29) is 47.1 Å². The van der Waals surface area contributed by atoms with Gasteiger partial charge in [0.2, 0.25) is 0 Å². The van der Waals surface area contributed by atoms with Crippen LogP contribution in [0.1, 0.15) is 48.6 Å². The average molecular weight is 604 g/mol. The fourth-order valence-electron chi connectivity index (χ4n) is 6.51. The molecule has 1 heterocycles. The van der Waals surface area contributed by atoms with Gasteiger partial charge < -0.3 is 15.4 Å². The third kappa shape index (κ3) is 6.09. The number of amides is 2. The number of rotatable bonds is 8. The maximum Gasteiger partial charge on any atom is 0.416 e. The Morgan fingerprint density at radius 2 is 1.74 bits per heavy atom. The first-order valence-corrected chi connectivity index (χ1v) is 14.2. The Hall–Kier alpha value is -3.66. The normalized spacial score (nSPS) is 22.8. The summed E-state index contributed by atoms with van der Waals surface area (Å²) in [7, 11) is 0. The van der Waals surface area contributed by atoms with Crippen molar-refractivity contribution < 1.29 is 31.9 Å². The lowest BCUT2D eigenvalue weighted by molar-refractivity contribution is -0.150. The zero-order valence-electron chi connectivity index (χ0n) is 22.8. The minimum atomic E-state index is -4.85. The van der Waals surface area contributed by atoms with E-state index in [0.717, 1.165) is 31.4 Å². The van der Waals surface area contributed by atoms with E-state index in [9.17, 15) is 27.2 Å². The first-order chi connectivity index (χ1) is 20.0. The molecule has 0 spiro atoms. The second-order valence-corrected chi connectivity index (χ2v) is 11.3. The summed E-state index contributed by atoms with van der Waals surface area (Å²) >= 11 is 6.09. The van der Waals surface area contributed by atoms with Gasteiger partial charge in [0.15, 0.2) is 0 Å². The molecule has 5 atom stereocenters. The molecule has 6 nitrogen and oxygen atoms in total. The van der Waals surface area contributed by atoms with Gasteiger partial charge in [-0.05, 0) is 79.5 Å². The van der Waals surface area contributed by atoms with Crippen LogP contribution in [0, 0.1) is 23.6 Å². The van der Waals surface area contributed by atoms with Crippen LogP contribution in [-0.4, -0.2) is 29.6 Å². The van der Waals surface area contributed by atoms with Crippen LogP contribution in [0.25, 0.3) is 0 Å². The molecule has 2 saturated carbocycles. The summed E-state index contributed by atoms with van der Waals surface area (Å²) in [5.74, 6) is -1.91. The number of ether oxygens (including phenoxy) is 1. The molecule has 2 N–H and O–H groups in total. The van der Waals surface area contributed by atoms with Gasteiger partial charge in [-0.2, -0.15) is 13.2 Å². The SMILES string of the molecule is CCOC(=O)[C@H]1[C@@H]2CC[C@@H](C2)[C@H]1NC(=O)N[C@@](Cc1ccccc1)(c1cc(F)cc(C(F)(F)F)c1)c1ccc(Cl)cn1. The molecule has 2 amide bonds. The minimum Gasteiger partial charge on any atom is -0.466 e. The van der Waals surface area contributed by atoms with Crippen LogP contribution in [-0.2, 0) is 27.7 Å². The molecule has 3 aromatic rings. The summed E-state index contributed by atoms with van der Waals surface area (Å²) in [6.45, 7) is 1.92. The maximum atomic E-state index is 14.9. The summed E-state index contributed by atoms with van der Waals surface area (Å²) in [4.78, 5) is 31.1. The van der Waals surface area contributed by atoms with E-state index < -0.39 is 41.1 Å². The Morgan fingerprint density at radius 1 is 1.02 bits per heavy atom. The topological polar surface area (TPSA) is 80.3 Å². The molecule has 2 aliphatic carbocycles. The molecule has 222 valence electrons. The lowest BCUT2D eigenvalue weighted by Gasteiger charge is -2.37. The molecule has 2 bridgehead atoms. The zero-order valence-corrected chi connectivity index (χ0v) is 23.5. The number of fused-ring (bicyclic) bond motifs is 2. The van der Waals surface area contributed by atoms with Gasteiger partial charge in [-0.15, -0.1) is 0 Å². The predicted molar refractivity (Wildman–Crippen MR) is 148 cm³/mol. The Labute approximate surface area is 245 Å². The number of aromatic nitrogens is 1. The lowest BCUT2D eigenvalue weighted by atomic mass is 9.79. The molecule has 1 aromatic heterocycles. The molecular weight excluding hydrogens is 574 g/mol. The van der Waals surface area contributed by atoms with E-state index in [2.05, 4.69) is 15.6 Å². The summed E-state index contributed by atoms with van der Waals surface area (Å²) in [5.41, 5.74) is -2.31. The summed E-state index contributed by atoms with van der Waals surface area (Å²) in [5, 5.41) is 6.07. The summed E-state index contributed by atoms with van der Waals surface area (Å²) < 4.78 is 61.8. The van der Waals surface area contributed by atoms with Crippen molar-refractivity contribution in [2.75, 3.05) is 6.61 Å². The van der Waals surface area contributed by atoms with Crippen LogP contribution in [0.4, 0.5) is 22.4 Å². The Bertz CT molecular complexity index is 1440. The predicted octanol–water partition coefficient (Wildman–Crippen LogP) is 6.66. The second kappa shape index (κ2) is 11.9. The van der Waals surface area contributed by atoms with Crippen molar-refractivity contribution in [3.63, 3.8) is 0 Å². The fourth-order valence-corrected chi connectivity index (χ4v) is 6.62. The Kier molecular flexibility index (Phi) is 8.46. The van der Waals surface area contributed by atoms with Crippen LogP contribution in [0.2, 0.25) is 5.02 Å². The summed E-state index contributed by atoms with van der Waals surface area (Å²) in [6, 6.07) is 12.7. The number of esters is 1. The molecule has 0 radical (unpaired) electrons. The van der Waals surface area contributed by atoms with Gasteiger partial charge in [0.05, 0.1) is 28.8 Å². The van der Waals surface area contributed by atoms with Crippen LogP contribution >= 0.6 is 11.6 Å². The van der Waals surface area contributed by atoms with Crippen molar-refractivity contribution in [3.8, 4) is 0 Å². The number of alkyl halides is 3. The van der Waals surface area contributed by atoms with Crippen LogP contribution < -0.4 is 10.6 Å². The number of pyridine rings is 1. The number of carbonyl (C=O) groups excluding carboxylic acids is 2. The quantitative estimate of drug-likeness (QED) is 0.223. The molecule has 0 unspecified atom stereocenters.